The van der Waals surface area contributed by atoms with Gasteiger partial charge < -0.3 is 15.2 Å². The van der Waals surface area contributed by atoms with Crippen LogP contribution in [0.3, 0.4) is 0 Å². The number of amides is 2. The van der Waals surface area contributed by atoms with E-state index in [4.69, 9.17) is 0 Å². The number of carbonyl (C=O) groups is 2. The van der Waals surface area contributed by atoms with Gasteiger partial charge in [0.05, 0.1) is 0 Å². The number of likely N-dealkylation sites (tertiary alicyclic amines) is 1. The molecule has 1 atom stereocenters. The van der Waals surface area contributed by atoms with Crippen LogP contribution < -0.4 is 5.32 Å². The highest BCUT2D eigenvalue weighted by Gasteiger charge is 2.37. The van der Waals surface area contributed by atoms with Crippen LogP contribution in [0.1, 0.15) is 23.3 Å². The Bertz CT molecular complexity index is 819. The van der Waals surface area contributed by atoms with Gasteiger partial charge >= 0.3 is 6.18 Å². The molecule has 1 fully saturated rings. The van der Waals surface area contributed by atoms with Gasteiger partial charge in [-0.2, -0.15) is 13.2 Å². The zero-order chi connectivity index (χ0) is 18.2. The van der Waals surface area contributed by atoms with Gasteiger partial charge in [-0.25, -0.2) is 0 Å². The molecule has 2 heterocycles. The average Bonchev–Trinajstić information content (AvgIpc) is 3.17. The first-order chi connectivity index (χ1) is 11.7. The van der Waals surface area contributed by atoms with E-state index >= 15 is 0 Å². The second-order valence-corrected chi connectivity index (χ2v) is 6.82. The summed E-state index contributed by atoms with van der Waals surface area (Å²) in [6.07, 6.45) is -3.56. The fourth-order valence-electron chi connectivity index (χ4n) is 2.96. The number of benzene rings is 1. The Balaban J connectivity index is 1.76. The van der Waals surface area contributed by atoms with Crippen LogP contribution in [-0.2, 0) is 4.79 Å². The van der Waals surface area contributed by atoms with Crippen molar-refractivity contribution in [3.8, 4) is 0 Å². The van der Waals surface area contributed by atoms with Crippen LogP contribution in [-0.4, -0.2) is 47.0 Å². The molecule has 2 N–H and O–H groups in total. The van der Waals surface area contributed by atoms with Crippen molar-refractivity contribution >= 4 is 38.6 Å². The Morgan fingerprint density at radius 1 is 1.32 bits per heavy atom. The molecule has 134 valence electrons. The summed E-state index contributed by atoms with van der Waals surface area (Å²) in [5.74, 6) is -1.17. The number of nitrogens with one attached hydrogen (secondary N) is 2. The minimum Gasteiger partial charge on any atom is -0.350 e. The summed E-state index contributed by atoms with van der Waals surface area (Å²) in [6.45, 7) is -1.06. The molecule has 1 unspecified atom stereocenters. The molecule has 1 saturated heterocycles. The van der Waals surface area contributed by atoms with Gasteiger partial charge in [0.15, 0.2) is 0 Å². The van der Waals surface area contributed by atoms with Gasteiger partial charge in [-0.1, -0.05) is 22.0 Å². The van der Waals surface area contributed by atoms with Crippen LogP contribution in [0.4, 0.5) is 13.2 Å². The Hall–Kier alpha value is -2.03. The third kappa shape index (κ3) is 3.97. The van der Waals surface area contributed by atoms with Gasteiger partial charge in [0.1, 0.15) is 18.3 Å². The van der Waals surface area contributed by atoms with Crippen LogP contribution in [0.25, 0.3) is 10.9 Å². The molecular weight excluding hydrogens is 403 g/mol. The number of rotatable bonds is 3. The molecule has 1 aromatic heterocycles. The maximum atomic E-state index is 12.7. The van der Waals surface area contributed by atoms with Gasteiger partial charge in [-0.05, 0) is 31.0 Å². The van der Waals surface area contributed by atoms with Gasteiger partial charge in [-0.3, -0.25) is 9.59 Å². The molecule has 0 saturated carbocycles. The lowest BCUT2D eigenvalue weighted by Crippen LogP contribution is -2.48. The first-order valence-electron chi connectivity index (χ1n) is 7.68. The molecule has 25 heavy (non-hydrogen) atoms. The van der Waals surface area contributed by atoms with E-state index in [9.17, 15) is 22.8 Å². The minimum atomic E-state index is -4.48. The van der Waals surface area contributed by atoms with Crippen molar-refractivity contribution in [2.24, 2.45) is 0 Å². The molecular formula is C16H15BrF3N3O2. The number of hydrogen-bond donors (Lipinski definition) is 2. The fraction of sp³-hybridized carbons (Fsp3) is 0.375. The summed E-state index contributed by atoms with van der Waals surface area (Å²) in [6, 6.07) is 6.29. The normalized spacial score (nSPS) is 17.9. The van der Waals surface area contributed by atoms with Gasteiger partial charge in [-0.15, -0.1) is 0 Å². The van der Waals surface area contributed by atoms with Crippen LogP contribution >= 0.6 is 15.9 Å². The number of aromatic nitrogens is 1. The summed E-state index contributed by atoms with van der Waals surface area (Å²) < 4.78 is 37.7. The van der Waals surface area contributed by atoms with E-state index in [1.165, 1.54) is 4.90 Å². The van der Waals surface area contributed by atoms with E-state index in [1.807, 2.05) is 23.5 Å². The smallest absolute Gasteiger partial charge is 0.350 e. The highest BCUT2D eigenvalue weighted by molar-refractivity contribution is 9.10. The summed E-state index contributed by atoms with van der Waals surface area (Å²) in [7, 11) is 0. The maximum Gasteiger partial charge on any atom is 0.405 e. The molecule has 0 radical (unpaired) electrons. The third-order valence-corrected chi connectivity index (χ3v) is 4.59. The number of alkyl halides is 3. The average molecular weight is 418 g/mol. The largest absolute Gasteiger partial charge is 0.405 e. The summed E-state index contributed by atoms with van der Waals surface area (Å²) in [4.78, 5) is 29.1. The lowest BCUT2D eigenvalue weighted by Gasteiger charge is -2.23. The molecule has 3 rings (SSSR count). The van der Waals surface area contributed by atoms with Crippen molar-refractivity contribution in [2.45, 2.75) is 25.1 Å². The van der Waals surface area contributed by atoms with Crippen molar-refractivity contribution < 1.29 is 22.8 Å². The number of carbonyl (C=O) groups excluding carboxylic acids is 2. The summed E-state index contributed by atoms with van der Waals surface area (Å²) in [5.41, 5.74) is 1.07. The Morgan fingerprint density at radius 2 is 2.08 bits per heavy atom. The quantitative estimate of drug-likeness (QED) is 0.804. The zero-order valence-electron chi connectivity index (χ0n) is 13.0. The number of halogens is 4. The van der Waals surface area contributed by atoms with E-state index in [-0.39, 0.29) is 0 Å². The monoisotopic (exact) mass is 417 g/mol. The van der Waals surface area contributed by atoms with Crippen molar-refractivity contribution in [3.05, 3.63) is 34.4 Å². The lowest BCUT2D eigenvalue weighted by molar-refractivity contribution is -0.140. The molecule has 1 aliphatic rings. The minimum absolute atomic E-state index is 0.309. The predicted molar refractivity (Wildman–Crippen MR) is 89.1 cm³/mol. The first kappa shape index (κ1) is 17.8. The fourth-order valence-corrected chi connectivity index (χ4v) is 3.32. The van der Waals surface area contributed by atoms with Crippen molar-refractivity contribution in [1.82, 2.24) is 15.2 Å². The van der Waals surface area contributed by atoms with E-state index < -0.39 is 30.6 Å². The number of nitrogens with zero attached hydrogens (tertiary/aromatic N) is 1. The SMILES string of the molecule is O=C(NCC(F)(F)F)C1CCCN1C(=O)c1cc2ccc(Br)cc2[nH]1. The van der Waals surface area contributed by atoms with Crippen LogP contribution in [0, 0.1) is 0 Å². The number of hydrogen-bond acceptors (Lipinski definition) is 2. The van der Waals surface area contributed by atoms with Gasteiger partial charge in [0, 0.05) is 21.9 Å². The Morgan fingerprint density at radius 3 is 2.80 bits per heavy atom. The first-order valence-corrected chi connectivity index (χ1v) is 8.47. The molecule has 5 nitrogen and oxygen atoms in total. The van der Waals surface area contributed by atoms with Crippen LogP contribution in [0.5, 0.6) is 0 Å². The molecule has 0 bridgehead atoms. The maximum absolute atomic E-state index is 12.7. The second-order valence-electron chi connectivity index (χ2n) is 5.90. The second kappa shape index (κ2) is 6.70. The molecule has 2 amide bonds. The molecule has 2 aromatic rings. The highest BCUT2D eigenvalue weighted by atomic mass is 79.9. The molecule has 9 heteroatoms. The van der Waals surface area contributed by atoms with Crippen molar-refractivity contribution in [2.75, 3.05) is 13.1 Å². The number of fused-ring (bicyclic) bond motifs is 1. The van der Waals surface area contributed by atoms with Crippen LogP contribution in [0.15, 0.2) is 28.7 Å². The lowest BCUT2D eigenvalue weighted by atomic mass is 10.2. The van der Waals surface area contributed by atoms with E-state index in [0.717, 1.165) is 15.4 Å². The molecule has 1 aromatic carbocycles. The van der Waals surface area contributed by atoms with Crippen molar-refractivity contribution in [3.63, 3.8) is 0 Å². The zero-order valence-corrected chi connectivity index (χ0v) is 14.6. The number of aromatic amines is 1. The standard InChI is InChI=1S/C16H15BrF3N3O2/c17-10-4-3-9-6-12(22-11(9)7-10)15(25)23-5-1-2-13(23)14(24)21-8-16(18,19)20/h3-4,6-7,13,22H,1-2,5,8H2,(H,21,24). The van der Waals surface area contributed by atoms with Crippen molar-refractivity contribution in [1.29, 1.82) is 0 Å². The van der Waals surface area contributed by atoms with Gasteiger partial charge in [0.2, 0.25) is 5.91 Å². The third-order valence-electron chi connectivity index (χ3n) is 4.09. The molecule has 0 aliphatic carbocycles. The van der Waals surface area contributed by atoms with E-state index in [2.05, 4.69) is 20.9 Å². The van der Waals surface area contributed by atoms with E-state index in [0.29, 0.717) is 25.1 Å². The topological polar surface area (TPSA) is 65.2 Å². The summed E-state index contributed by atoms with van der Waals surface area (Å²) >= 11 is 3.35. The molecule has 0 spiro atoms. The predicted octanol–water partition coefficient (Wildman–Crippen LogP) is 3.21. The van der Waals surface area contributed by atoms with Crippen LogP contribution in [0.2, 0.25) is 0 Å². The Kier molecular flexibility index (Phi) is 4.77. The molecule has 1 aliphatic heterocycles. The highest BCUT2D eigenvalue weighted by Crippen LogP contribution is 2.24. The van der Waals surface area contributed by atoms with Gasteiger partial charge in [0.25, 0.3) is 5.91 Å². The Labute approximate surface area is 149 Å². The number of H-pyrrole nitrogens is 1. The van der Waals surface area contributed by atoms with E-state index in [1.54, 1.807) is 6.07 Å². The summed E-state index contributed by atoms with van der Waals surface area (Å²) in [5, 5.41) is 2.70.